The molecule has 1 atom stereocenters. The summed E-state index contributed by atoms with van der Waals surface area (Å²) in [6, 6.07) is 19.6. The topological polar surface area (TPSA) is 71.4 Å². The van der Waals surface area contributed by atoms with Crippen LogP contribution in [0.4, 0.5) is 0 Å². The van der Waals surface area contributed by atoms with E-state index in [0.717, 1.165) is 65.5 Å². The third-order valence-electron chi connectivity index (χ3n) is 6.41. The number of likely N-dealkylation sites (tertiary alicyclic amines) is 1. The zero-order valence-corrected chi connectivity index (χ0v) is 19.3. The van der Waals surface area contributed by atoms with Crippen LogP contribution >= 0.6 is 0 Å². The molecule has 4 aromatic rings. The maximum absolute atomic E-state index is 10.4. The molecule has 1 aliphatic heterocycles. The van der Waals surface area contributed by atoms with Crippen molar-refractivity contribution in [3.05, 3.63) is 90.5 Å². The van der Waals surface area contributed by atoms with Crippen LogP contribution in [0.25, 0.3) is 22.5 Å². The Morgan fingerprint density at radius 2 is 1.85 bits per heavy atom. The minimum Gasteiger partial charge on any atom is -0.508 e. The van der Waals surface area contributed by atoms with Crippen molar-refractivity contribution in [1.29, 1.82) is 0 Å². The SMILES string of the molecule is COc1ccc(O)c(CN2CCCC(c3nc(-c4ccncc4)ncc3-c3ccccc3)C2)c1. The average molecular weight is 453 g/mol. The van der Waals surface area contributed by atoms with E-state index >= 15 is 0 Å². The second-order valence-electron chi connectivity index (χ2n) is 8.66. The molecule has 6 heteroatoms. The van der Waals surface area contributed by atoms with Gasteiger partial charge in [0.1, 0.15) is 11.5 Å². The average Bonchev–Trinajstić information content (AvgIpc) is 2.91. The molecule has 1 fully saturated rings. The van der Waals surface area contributed by atoms with E-state index < -0.39 is 0 Å². The maximum Gasteiger partial charge on any atom is 0.159 e. The Morgan fingerprint density at radius 3 is 2.65 bits per heavy atom. The van der Waals surface area contributed by atoms with Crippen molar-refractivity contribution in [3.8, 4) is 34.0 Å². The fourth-order valence-electron chi connectivity index (χ4n) is 4.67. The standard InChI is InChI=1S/C28H28N4O2/c1-34-24-9-10-26(33)23(16-24)19-32-15-5-8-22(18-32)27-25(20-6-3-2-4-7-20)17-30-28(31-27)21-11-13-29-14-12-21/h2-4,6-7,9-14,16-17,22,33H,5,8,15,18-19H2,1H3. The van der Waals surface area contributed by atoms with E-state index in [1.807, 2.05) is 30.5 Å². The Balaban J connectivity index is 1.47. The van der Waals surface area contributed by atoms with Gasteiger partial charge in [-0.1, -0.05) is 30.3 Å². The highest BCUT2D eigenvalue weighted by atomic mass is 16.5. The van der Waals surface area contributed by atoms with E-state index in [1.54, 1.807) is 31.6 Å². The molecule has 1 unspecified atom stereocenters. The number of aromatic nitrogens is 3. The number of piperidine rings is 1. The summed E-state index contributed by atoms with van der Waals surface area (Å²) in [5, 5.41) is 10.4. The van der Waals surface area contributed by atoms with Gasteiger partial charge in [-0.15, -0.1) is 0 Å². The highest BCUT2D eigenvalue weighted by Crippen LogP contribution is 2.35. The van der Waals surface area contributed by atoms with Crippen molar-refractivity contribution in [2.24, 2.45) is 0 Å². The van der Waals surface area contributed by atoms with Gasteiger partial charge in [0.25, 0.3) is 0 Å². The lowest BCUT2D eigenvalue weighted by Gasteiger charge is -2.33. The molecule has 0 aliphatic carbocycles. The fraction of sp³-hybridized carbons (Fsp3) is 0.250. The number of methoxy groups -OCH3 is 1. The second kappa shape index (κ2) is 10.0. The lowest BCUT2D eigenvalue weighted by Crippen LogP contribution is -2.34. The monoisotopic (exact) mass is 452 g/mol. The minimum absolute atomic E-state index is 0.264. The van der Waals surface area contributed by atoms with Gasteiger partial charge in [-0.2, -0.15) is 0 Å². The van der Waals surface area contributed by atoms with E-state index in [0.29, 0.717) is 12.3 Å². The summed E-state index contributed by atoms with van der Waals surface area (Å²) in [6.07, 6.45) is 7.63. The van der Waals surface area contributed by atoms with Crippen molar-refractivity contribution >= 4 is 0 Å². The summed E-state index contributed by atoms with van der Waals surface area (Å²) in [4.78, 5) is 16.3. The van der Waals surface area contributed by atoms with Crippen LogP contribution in [0.5, 0.6) is 11.5 Å². The second-order valence-corrected chi connectivity index (χ2v) is 8.66. The number of phenolic OH excluding ortho intramolecular Hbond substituents is 1. The maximum atomic E-state index is 10.4. The summed E-state index contributed by atoms with van der Waals surface area (Å²) in [5.41, 5.74) is 5.12. The molecule has 0 radical (unpaired) electrons. The molecule has 3 heterocycles. The molecule has 2 aromatic carbocycles. The summed E-state index contributed by atoms with van der Waals surface area (Å²) in [7, 11) is 1.65. The Hall–Kier alpha value is -3.77. The number of phenols is 1. The molecule has 0 bridgehead atoms. The van der Waals surface area contributed by atoms with E-state index in [9.17, 15) is 5.11 Å². The van der Waals surface area contributed by atoms with Gasteiger partial charge in [-0.05, 0) is 55.3 Å². The molecule has 0 saturated carbocycles. The van der Waals surface area contributed by atoms with Crippen LogP contribution in [0.1, 0.15) is 30.0 Å². The van der Waals surface area contributed by atoms with E-state index in [1.165, 1.54) is 0 Å². The van der Waals surface area contributed by atoms with Crippen LogP contribution < -0.4 is 4.74 Å². The number of pyridine rings is 1. The van der Waals surface area contributed by atoms with Gasteiger partial charge < -0.3 is 9.84 Å². The molecule has 1 aliphatic rings. The van der Waals surface area contributed by atoms with Gasteiger partial charge in [-0.3, -0.25) is 9.88 Å². The molecule has 0 spiro atoms. The number of benzene rings is 2. The lowest BCUT2D eigenvalue weighted by atomic mass is 9.89. The van der Waals surface area contributed by atoms with Gasteiger partial charge in [-0.25, -0.2) is 9.97 Å². The number of rotatable bonds is 6. The van der Waals surface area contributed by atoms with Crippen LogP contribution in [-0.4, -0.2) is 45.2 Å². The first-order valence-electron chi connectivity index (χ1n) is 11.6. The first kappa shape index (κ1) is 22.0. The van der Waals surface area contributed by atoms with Crippen molar-refractivity contribution in [1.82, 2.24) is 19.9 Å². The van der Waals surface area contributed by atoms with Gasteiger partial charge in [0.2, 0.25) is 0 Å². The van der Waals surface area contributed by atoms with Gasteiger partial charge in [0.05, 0.1) is 12.8 Å². The van der Waals surface area contributed by atoms with Crippen molar-refractivity contribution < 1.29 is 9.84 Å². The highest BCUT2D eigenvalue weighted by molar-refractivity contribution is 5.67. The Bertz CT molecular complexity index is 1250. The quantitative estimate of drug-likeness (QED) is 0.428. The van der Waals surface area contributed by atoms with E-state index in [-0.39, 0.29) is 5.92 Å². The molecule has 172 valence electrons. The Morgan fingerprint density at radius 1 is 1.03 bits per heavy atom. The fourth-order valence-corrected chi connectivity index (χ4v) is 4.67. The van der Waals surface area contributed by atoms with E-state index in [4.69, 9.17) is 14.7 Å². The summed E-state index contributed by atoms with van der Waals surface area (Å²) in [6.45, 7) is 2.52. The first-order chi connectivity index (χ1) is 16.7. The highest BCUT2D eigenvalue weighted by Gasteiger charge is 2.26. The molecular weight excluding hydrogens is 424 g/mol. The number of hydrogen-bond acceptors (Lipinski definition) is 6. The van der Waals surface area contributed by atoms with Crippen LogP contribution in [0, 0.1) is 0 Å². The van der Waals surface area contributed by atoms with Crippen molar-refractivity contribution in [3.63, 3.8) is 0 Å². The molecule has 1 N–H and O–H groups in total. The smallest absolute Gasteiger partial charge is 0.159 e. The molecule has 6 nitrogen and oxygen atoms in total. The van der Waals surface area contributed by atoms with E-state index in [2.05, 4.69) is 34.1 Å². The first-order valence-corrected chi connectivity index (χ1v) is 11.6. The molecule has 5 rings (SSSR count). The predicted octanol–water partition coefficient (Wildman–Crippen LogP) is 5.30. The van der Waals surface area contributed by atoms with Crippen molar-refractivity contribution in [2.75, 3.05) is 20.2 Å². The number of aromatic hydroxyl groups is 1. The van der Waals surface area contributed by atoms with Gasteiger partial charge >= 0.3 is 0 Å². The summed E-state index contributed by atoms with van der Waals surface area (Å²) < 4.78 is 5.36. The summed E-state index contributed by atoms with van der Waals surface area (Å²) in [5.74, 6) is 2.04. The number of ether oxygens (including phenoxy) is 1. The minimum atomic E-state index is 0.264. The summed E-state index contributed by atoms with van der Waals surface area (Å²) >= 11 is 0. The molecule has 34 heavy (non-hydrogen) atoms. The Labute approximate surface area is 199 Å². The van der Waals surface area contributed by atoms with Crippen molar-refractivity contribution in [2.45, 2.75) is 25.3 Å². The van der Waals surface area contributed by atoms with Gasteiger partial charge in [0, 0.05) is 54.3 Å². The molecule has 1 saturated heterocycles. The third-order valence-corrected chi connectivity index (χ3v) is 6.41. The number of hydrogen-bond donors (Lipinski definition) is 1. The molecule has 0 amide bonds. The zero-order chi connectivity index (χ0) is 23.3. The normalized spacial score (nSPS) is 16.3. The lowest BCUT2D eigenvalue weighted by molar-refractivity contribution is 0.196. The third kappa shape index (κ3) is 4.77. The van der Waals surface area contributed by atoms with Crippen LogP contribution in [0.3, 0.4) is 0 Å². The zero-order valence-electron chi connectivity index (χ0n) is 19.3. The number of nitrogens with zero attached hydrogens (tertiary/aromatic N) is 4. The molecule has 2 aromatic heterocycles. The van der Waals surface area contributed by atoms with Crippen LogP contribution in [-0.2, 0) is 6.54 Å². The Kier molecular flexibility index (Phi) is 6.49. The van der Waals surface area contributed by atoms with Gasteiger partial charge in [0.15, 0.2) is 5.82 Å². The molecular formula is C28H28N4O2. The van der Waals surface area contributed by atoms with Crippen LogP contribution in [0.15, 0.2) is 79.3 Å². The predicted molar refractivity (Wildman–Crippen MR) is 133 cm³/mol. The largest absolute Gasteiger partial charge is 0.508 e. The van der Waals surface area contributed by atoms with Crippen LogP contribution in [0.2, 0.25) is 0 Å².